The average molecular weight is 253 g/mol. The van der Waals surface area contributed by atoms with Crippen molar-refractivity contribution in [3.63, 3.8) is 0 Å². The highest BCUT2D eigenvalue weighted by atomic mass is 35.5. The second kappa shape index (κ2) is 4.92. The Morgan fingerprint density at radius 3 is 2.67 bits per heavy atom. The van der Waals surface area contributed by atoms with Crippen LogP contribution >= 0.6 is 11.6 Å². The van der Waals surface area contributed by atoms with E-state index in [-0.39, 0.29) is 13.0 Å². The van der Waals surface area contributed by atoms with Gasteiger partial charge in [0.1, 0.15) is 5.82 Å². The topological polar surface area (TPSA) is 43.4 Å². The molecule has 0 atom stereocenters. The molecular weight excluding hydrogens is 243 g/mol. The van der Waals surface area contributed by atoms with Crippen LogP contribution in [0.4, 0.5) is 4.39 Å². The quantitative estimate of drug-likeness (QED) is 0.770. The Morgan fingerprint density at radius 2 is 2.13 bits per heavy atom. The molecule has 0 radical (unpaired) electrons. The van der Waals surface area contributed by atoms with E-state index in [1.807, 2.05) is 0 Å². The second-order valence-electron chi connectivity index (χ2n) is 3.01. The fourth-order valence-corrected chi connectivity index (χ4v) is 1.57. The summed E-state index contributed by atoms with van der Waals surface area (Å²) < 4.78 is 38.9. The van der Waals surface area contributed by atoms with E-state index in [0.717, 1.165) is 6.26 Å². The van der Waals surface area contributed by atoms with Gasteiger partial charge in [-0.2, -0.15) is 8.42 Å². The van der Waals surface area contributed by atoms with Gasteiger partial charge in [0.15, 0.2) is 0 Å². The van der Waals surface area contributed by atoms with Crippen molar-refractivity contribution in [1.29, 1.82) is 0 Å². The predicted octanol–water partition coefficient (Wildman–Crippen LogP) is 2.00. The lowest BCUT2D eigenvalue weighted by Gasteiger charge is -2.03. The van der Waals surface area contributed by atoms with Crippen molar-refractivity contribution in [3.8, 4) is 0 Å². The molecule has 0 fully saturated rings. The summed E-state index contributed by atoms with van der Waals surface area (Å²) >= 11 is 5.56. The highest BCUT2D eigenvalue weighted by molar-refractivity contribution is 7.85. The zero-order valence-corrected chi connectivity index (χ0v) is 9.61. The number of hydrogen-bond acceptors (Lipinski definition) is 3. The van der Waals surface area contributed by atoms with Gasteiger partial charge in [-0.1, -0.05) is 17.7 Å². The first-order chi connectivity index (χ1) is 6.88. The van der Waals surface area contributed by atoms with Crippen molar-refractivity contribution in [3.05, 3.63) is 34.6 Å². The first-order valence-corrected chi connectivity index (χ1v) is 6.36. The third-order valence-corrected chi connectivity index (χ3v) is 2.51. The van der Waals surface area contributed by atoms with Gasteiger partial charge in [0, 0.05) is 11.4 Å². The summed E-state index contributed by atoms with van der Waals surface area (Å²) in [6.45, 7) is -0.0720. The summed E-state index contributed by atoms with van der Waals surface area (Å²) in [4.78, 5) is 0. The second-order valence-corrected chi connectivity index (χ2v) is 5.09. The van der Waals surface area contributed by atoms with Crippen molar-refractivity contribution < 1.29 is 17.0 Å². The van der Waals surface area contributed by atoms with Crippen LogP contribution in [0.1, 0.15) is 5.56 Å². The molecule has 0 aromatic heterocycles. The van der Waals surface area contributed by atoms with Gasteiger partial charge in [-0.3, -0.25) is 4.18 Å². The van der Waals surface area contributed by atoms with Crippen molar-refractivity contribution in [2.24, 2.45) is 0 Å². The van der Waals surface area contributed by atoms with Crippen LogP contribution < -0.4 is 0 Å². The molecule has 0 aliphatic rings. The summed E-state index contributed by atoms with van der Waals surface area (Å²) in [5.74, 6) is -0.459. The van der Waals surface area contributed by atoms with Gasteiger partial charge >= 0.3 is 0 Å². The standard InChI is InChI=1S/C9H10ClFO3S/c1-15(12,13)14-5-4-7-2-3-8(10)6-9(7)11/h2-3,6H,4-5H2,1H3. The zero-order chi connectivity index (χ0) is 11.5. The van der Waals surface area contributed by atoms with Crippen LogP contribution in [0.25, 0.3) is 0 Å². The van der Waals surface area contributed by atoms with Gasteiger partial charge in [0.05, 0.1) is 12.9 Å². The van der Waals surface area contributed by atoms with E-state index in [1.54, 1.807) is 6.07 Å². The lowest BCUT2D eigenvalue weighted by molar-refractivity contribution is 0.324. The van der Waals surface area contributed by atoms with E-state index in [4.69, 9.17) is 11.6 Å². The van der Waals surface area contributed by atoms with Crippen molar-refractivity contribution >= 4 is 21.7 Å². The fourth-order valence-electron chi connectivity index (χ4n) is 1.03. The van der Waals surface area contributed by atoms with Gasteiger partial charge in [0.25, 0.3) is 10.1 Å². The number of hydrogen-bond donors (Lipinski definition) is 0. The van der Waals surface area contributed by atoms with E-state index in [9.17, 15) is 12.8 Å². The van der Waals surface area contributed by atoms with Crippen molar-refractivity contribution in [2.75, 3.05) is 12.9 Å². The largest absolute Gasteiger partial charge is 0.270 e. The number of benzene rings is 1. The van der Waals surface area contributed by atoms with E-state index < -0.39 is 15.9 Å². The van der Waals surface area contributed by atoms with Crippen LogP contribution in [0, 0.1) is 5.82 Å². The Hall–Kier alpha value is -0.650. The van der Waals surface area contributed by atoms with Crippen LogP contribution in [0.3, 0.4) is 0 Å². The molecule has 0 spiro atoms. The summed E-state index contributed by atoms with van der Waals surface area (Å²) in [6.07, 6.45) is 1.14. The van der Waals surface area contributed by atoms with Crippen LogP contribution in [0.2, 0.25) is 5.02 Å². The average Bonchev–Trinajstić information content (AvgIpc) is 2.07. The van der Waals surface area contributed by atoms with Gasteiger partial charge in [-0.05, 0) is 17.7 Å². The first kappa shape index (κ1) is 12.4. The minimum absolute atomic E-state index is 0.0720. The molecule has 0 heterocycles. The van der Waals surface area contributed by atoms with Crippen molar-refractivity contribution in [2.45, 2.75) is 6.42 Å². The molecule has 0 saturated carbocycles. The molecule has 0 saturated heterocycles. The van der Waals surface area contributed by atoms with E-state index in [1.165, 1.54) is 12.1 Å². The SMILES string of the molecule is CS(=O)(=O)OCCc1ccc(Cl)cc1F. The number of rotatable bonds is 4. The number of halogens is 2. The summed E-state index contributed by atoms with van der Waals surface area (Å²) in [5.41, 5.74) is 0.378. The van der Waals surface area contributed by atoms with Gasteiger partial charge in [-0.15, -0.1) is 0 Å². The third-order valence-electron chi connectivity index (χ3n) is 1.68. The first-order valence-electron chi connectivity index (χ1n) is 4.17. The molecule has 84 valence electrons. The van der Waals surface area contributed by atoms with Crippen molar-refractivity contribution in [1.82, 2.24) is 0 Å². The zero-order valence-electron chi connectivity index (χ0n) is 8.04. The van der Waals surface area contributed by atoms with Crippen LogP contribution in [-0.4, -0.2) is 21.3 Å². The van der Waals surface area contributed by atoms with E-state index in [0.29, 0.717) is 10.6 Å². The monoisotopic (exact) mass is 252 g/mol. The van der Waals surface area contributed by atoms with Gasteiger partial charge in [-0.25, -0.2) is 4.39 Å². The summed E-state index contributed by atoms with van der Waals surface area (Å²) in [7, 11) is -3.46. The molecule has 0 N–H and O–H groups in total. The summed E-state index contributed by atoms with van der Waals surface area (Å²) in [6, 6.07) is 4.22. The Kier molecular flexibility index (Phi) is 4.07. The van der Waals surface area contributed by atoms with E-state index in [2.05, 4.69) is 4.18 Å². The Bertz CT molecular complexity index is 445. The summed E-state index contributed by atoms with van der Waals surface area (Å²) in [5, 5.41) is 0.306. The molecule has 6 heteroatoms. The maximum absolute atomic E-state index is 13.2. The molecule has 1 rings (SSSR count). The van der Waals surface area contributed by atoms with Gasteiger partial charge < -0.3 is 0 Å². The minimum Gasteiger partial charge on any atom is -0.270 e. The lowest BCUT2D eigenvalue weighted by atomic mass is 10.1. The van der Waals surface area contributed by atoms with Crippen LogP contribution in [0.15, 0.2) is 18.2 Å². The molecule has 0 amide bonds. The van der Waals surface area contributed by atoms with Gasteiger partial charge in [0.2, 0.25) is 0 Å². The molecular formula is C9H10ClFO3S. The van der Waals surface area contributed by atoms with Crippen LogP contribution in [0.5, 0.6) is 0 Å². The highest BCUT2D eigenvalue weighted by Gasteiger charge is 2.05. The Labute approximate surface area is 92.9 Å². The maximum atomic E-state index is 13.2. The fraction of sp³-hybridized carbons (Fsp3) is 0.333. The normalized spacial score (nSPS) is 11.7. The molecule has 0 aliphatic carbocycles. The highest BCUT2D eigenvalue weighted by Crippen LogP contribution is 2.15. The Balaban J connectivity index is 2.59. The molecule has 3 nitrogen and oxygen atoms in total. The third kappa shape index (κ3) is 4.59. The molecule has 0 unspecified atom stereocenters. The molecule has 1 aromatic rings. The lowest BCUT2D eigenvalue weighted by Crippen LogP contribution is -2.07. The molecule has 1 aromatic carbocycles. The molecule has 0 aliphatic heterocycles. The molecule has 0 bridgehead atoms. The predicted molar refractivity (Wildman–Crippen MR) is 55.9 cm³/mol. The molecule has 15 heavy (non-hydrogen) atoms. The van der Waals surface area contributed by atoms with Crippen LogP contribution in [-0.2, 0) is 20.7 Å². The minimum atomic E-state index is -3.46. The maximum Gasteiger partial charge on any atom is 0.264 e. The smallest absolute Gasteiger partial charge is 0.264 e. The Morgan fingerprint density at radius 1 is 1.47 bits per heavy atom. The van der Waals surface area contributed by atoms with E-state index >= 15 is 0 Å².